The number of aromatic amines is 1. The number of anilines is 1. The van der Waals surface area contributed by atoms with Crippen LogP contribution in [-0.4, -0.2) is 41.5 Å². The van der Waals surface area contributed by atoms with Gasteiger partial charge in [-0.1, -0.05) is 17.7 Å². The van der Waals surface area contributed by atoms with Gasteiger partial charge in [0.1, 0.15) is 23.2 Å². The molecule has 1 aliphatic carbocycles. The minimum Gasteiger partial charge on any atom is -0.490 e. The van der Waals surface area contributed by atoms with Crippen LogP contribution in [0, 0.1) is 12.3 Å². The Balaban J connectivity index is 1.23. The normalized spacial score (nSPS) is 27.3. The summed E-state index contributed by atoms with van der Waals surface area (Å²) < 4.78 is 12.1. The molecule has 26 heavy (non-hydrogen) atoms. The highest BCUT2D eigenvalue weighted by atomic mass is 16.5. The third-order valence-corrected chi connectivity index (χ3v) is 5.39. The van der Waals surface area contributed by atoms with Crippen molar-refractivity contribution in [3.05, 3.63) is 41.6 Å². The van der Waals surface area contributed by atoms with Crippen LogP contribution >= 0.6 is 0 Å². The number of carbonyl (C=O) groups is 1. The van der Waals surface area contributed by atoms with Gasteiger partial charge in [-0.2, -0.15) is 5.10 Å². The second-order valence-corrected chi connectivity index (χ2v) is 7.37. The van der Waals surface area contributed by atoms with E-state index in [1.807, 2.05) is 12.1 Å². The van der Waals surface area contributed by atoms with Crippen molar-refractivity contribution in [3.63, 3.8) is 0 Å². The Morgan fingerprint density at radius 1 is 1.46 bits per heavy atom. The van der Waals surface area contributed by atoms with E-state index in [9.17, 15) is 4.79 Å². The van der Waals surface area contributed by atoms with E-state index >= 15 is 0 Å². The highest BCUT2D eigenvalue weighted by Crippen LogP contribution is 2.54. The van der Waals surface area contributed by atoms with Gasteiger partial charge in [0, 0.05) is 12.0 Å². The van der Waals surface area contributed by atoms with Crippen molar-refractivity contribution in [1.29, 1.82) is 0 Å². The number of nitrogens with one attached hydrogen (secondary N) is 2. The van der Waals surface area contributed by atoms with Crippen molar-refractivity contribution in [1.82, 2.24) is 15.5 Å². The summed E-state index contributed by atoms with van der Waals surface area (Å²) in [4.78, 5) is 12.1. The summed E-state index contributed by atoms with van der Waals surface area (Å²) >= 11 is 0. The van der Waals surface area contributed by atoms with E-state index < -0.39 is 0 Å². The number of aryl methyl sites for hydroxylation is 1. The summed E-state index contributed by atoms with van der Waals surface area (Å²) in [5.41, 5.74) is 7.39. The number of nitrogens with two attached hydrogens (primary N) is 1. The average Bonchev–Trinajstić information content (AvgIpc) is 3.09. The molecule has 1 spiro atoms. The Morgan fingerprint density at radius 3 is 2.92 bits per heavy atom. The lowest BCUT2D eigenvalue weighted by Gasteiger charge is -2.29. The zero-order chi connectivity index (χ0) is 18.1. The predicted octanol–water partition coefficient (Wildman–Crippen LogP) is 2.05. The first-order valence-corrected chi connectivity index (χ1v) is 8.98. The maximum Gasteiger partial charge on any atom is 0.256 e. The molecular weight excluding hydrogens is 332 g/mol. The Kier molecular flexibility index (Phi) is 4.32. The van der Waals surface area contributed by atoms with E-state index in [1.54, 1.807) is 0 Å². The number of nitrogen functional groups attached to an aromatic ring is 1. The van der Waals surface area contributed by atoms with Gasteiger partial charge >= 0.3 is 0 Å². The molecule has 1 saturated heterocycles. The van der Waals surface area contributed by atoms with Gasteiger partial charge in [0.15, 0.2) is 0 Å². The standard InChI is InChI=1S/C19H24N4O3/c1-12-2-4-13(5-3-12)26-16-8-19(16)7-6-14(25-11-19)9-21-18(24)15-10-22-23-17(15)20/h2-5,10,14,16H,6-9,11H2,1H3,(H,21,24)(H3,20,22,23)/t14-,16-,19+/m1/s1. The van der Waals surface area contributed by atoms with Crippen LogP contribution in [0.1, 0.15) is 35.2 Å². The number of hydrogen-bond donors (Lipinski definition) is 3. The number of rotatable bonds is 5. The number of hydrogen-bond acceptors (Lipinski definition) is 5. The van der Waals surface area contributed by atoms with Crippen molar-refractivity contribution in [2.24, 2.45) is 5.41 Å². The molecule has 7 heteroatoms. The largest absolute Gasteiger partial charge is 0.490 e. The fraction of sp³-hybridized carbons (Fsp3) is 0.474. The summed E-state index contributed by atoms with van der Waals surface area (Å²) in [6.07, 6.45) is 4.68. The van der Waals surface area contributed by atoms with Crippen molar-refractivity contribution in [2.45, 2.75) is 38.4 Å². The number of benzene rings is 1. The first-order chi connectivity index (χ1) is 12.6. The summed E-state index contributed by atoms with van der Waals surface area (Å²) in [5.74, 6) is 0.969. The zero-order valence-electron chi connectivity index (χ0n) is 14.8. The number of ether oxygens (including phenoxy) is 2. The van der Waals surface area contributed by atoms with Crippen molar-refractivity contribution in [2.75, 3.05) is 18.9 Å². The van der Waals surface area contributed by atoms with Gasteiger partial charge in [0.25, 0.3) is 5.91 Å². The van der Waals surface area contributed by atoms with Crippen LogP contribution in [0.25, 0.3) is 0 Å². The number of nitrogens with zero attached hydrogens (tertiary/aromatic N) is 1. The molecule has 3 atom stereocenters. The molecule has 1 aliphatic heterocycles. The molecule has 0 unspecified atom stereocenters. The smallest absolute Gasteiger partial charge is 0.256 e. The van der Waals surface area contributed by atoms with Gasteiger partial charge in [0.05, 0.1) is 18.9 Å². The Labute approximate surface area is 152 Å². The molecule has 4 N–H and O–H groups in total. The third-order valence-electron chi connectivity index (χ3n) is 5.39. The second kappa shape index (κ2) is 6.64. The summed E-state index contributed by atoms with van der Waals surface area (Å²) in [5, 5.41) is 9.18. The lowest BCUT2D eigenvalue weighted by molar-refractivity contribution is -0.0337. The van der Waals surface area contributed by atoms with Gasteiger partial charge < -0.3 is 20.5 Å². The molecule has 0 bridgehead atoms. The maximum absolute atomic E-state index is 12.1. The van der Waals surface area contributed by atoms with Crippen LogP contribution in [0.4, 0.5) is 5.82 Å². The summed E-state index contributed by atoms with van der Waals surface area (Å²) in [6.45, 7) is 3.22. The first-order valence-electron chi connectivity index (χ1n) is 8.98. The Hall–Kier alpha value is -2.54. The Morgan fingerprint density at radius 2 is 2.27 bits per heavy atom. The third kappa shape index (κ3) is 3.39. The molecule has 2 fully saturated rings. The molecule has 7 nitrogen and oxygen atoms in total. The highest BCUT2D eigenvalue weighted by molar-refractivity contribution is 5.98. The van der Waals surface area contributed by atoms with Crippen LogP contribution in [0.15, 0.2) is 30.5 Å². The van der Waals surface area contributed by atoms with E-state index in [4.69, 9.17) is 15.2 Å². The number of amides is 1. The first kappa shape index (κ1) is 16.9. The topological polar surface area (TPSA) is 102 Å². The van der Waals surface area contributed by atoms with Crippen LogP contribution in [0.3, 0.4) is 0 Å². The van der Waals surface area contributed by atoms with Crippen molar-refractivity contribution in [3.8, 4) is 5.75 Å². The van der Waals surface area contributed by atoms with Crippen LogP contribution in [0.2, 0.25) is 0 Å². The molecule has 1 saturated carbocycles. The fourth-order valence-electron chi connectivity index (χ4n) is 3.50. The van der Waals surface area contributed by atoms with Gasteiger partial charge in [0.2, 0.25) is 0 Å². The predicted molar refractivity (Wildman–Crippen MR) is 97.0 cm³/mol. The number of aromatic nitrogens is 2. The van der Waals surface area contributed by atoms with Crippen LogP contribution < -0.4 is 15.8 Å². The van der Waals surface area contributed by atoms with Crippen LogP contribution in [-0.2, 0) is 4.74 Å². The van der Waals surface area contributed by atoms with Crippen molar-refractivity contribution >= 4 is 11.7 Å². The lowest BCUT2D eigenvalue weighted by atomic mass is 9.95. The zero-order valence-corrected chi connectivity index (χ0v) is 14.8. The number of H-pyrrole nitrogens is 1. The minimum atomic E-state index is -0.230. The molecule has 0 radical (unpaired) electrons. The number of carbonyl (C=O) groups excluding carboxylic acids is 1. The van der Waals surface area contributed by atoms with Gasteiger partial charge in [-0.3, -0.25) is 9.89 Å². The van der Waals surface area contributed by atoms with E-state index in [-0.39, 0.29) is 29.3 Å². The second-order valence-electron chi connectivity index (χ2n) is 7.37. The lowest BCUT2D eigenvalue weighted by Crippen LogP contribution is -2.39. The SMILES string of the molecule is Cc1ccc(O[C@@H]2C[C@]23CC[C@H](CNC(=O)c2cn[nH]c2N)OC3)cc1. The van der Waals surface area contributed by atoms with Gasteiger partial charge in [-0.25, -0.2) is 0 Å². The molecular formula is C19H24N4O3. The molecule has 1 amide bonds. The minimum absolute atomic E-state index is 0.0262. The van der Waals surface area contributed by atoms with E-state index in [0.717, 1.165) is 25.0 Å². The molecule has 1 aromatic carbocycles. The maximum atomic E-state index is 12.1. The van der Waals surface area contributed by atoms with E-state index in [0.29, 0.717) is 18.7 Å². The monoisotopic (exact) mass is 356 g/mol. The van der Waals surface area contributed by atoms with Gasteiger partial charge in [-0.05, 0) is 38.3 Å². The highest BCUT2D eigenvalue weighted by Gasteiger charge is 2.58. The molecule has 2 heterocycles. The molecule has 4 rings (SSSR count). The van der Waals surface area contributed by atoms with Gasteiger partial charge in [-0.15, -0.1) is 0 Å². The fourth-order valence-corrected chi connectivity index (χ4v) is 3.50. The van der Waals surface area contributed by atoms with Crippen molar-refractivity contribution < 1.29 is 14.3 Å². The molecule has 138 valence electrons. The quantitative estimate of drug-likeness (QED) is 0.761. The summed E-state index contributed by atoms with van der Waals surface area (Å²) in [7, 11) is 0. The van der Waals surface area contributed by atoms with E-state index in [2.05, 4.69) is 34.6 Å². The average molecular weight is 356 g/mol. The molecule has 1 aromatic heterocycles. The molecule has 2 aromatic rings. The van der Waals surface area contributed by atoms with E-state index in [1.165, 1.54) is 11.8 Å². The Bertz CT molecular complexity index is 778. The van der Waals surface area contributed by atoms with Crippen LogP contribution in [0.5, 0.6) is 5.75 Å². The summed E-state index contributed by atoms with van der Waals surface area (Å²) in [6, 6.07) is 8.16. The molecule has 2 aliphatic rings.